The summed E-state index contributed by atoms with van der Waals surface area (Å²) >= 11 is 6.17. The topological polar surface area (TPSA) is 42.5 Å². The fourth-order valence-corrected chi connectivity index (χ4v) is 3.61. The molecular formula is C20H25ClN2O2. The number of halogens is 1. The van der Waals surface area contributed by atoms with Crippen LogP contribution in [0, 0.1) is 0 Å². The number of hydrogen-bond acceptors (Lipinski definition) is 4. The Labute approximate surface area is 154 Å². The van der Waals surface area contributed by atoms with Crippen molar-refractivity contribution in [3.05, 3.63) is 57.6 Å². The van der Waals surface area contributed by atoms with Crippen molar-refractivity contribution in [2.24, 2.45) is 0 Å². The molecule has 0 unspecified atom stereocenters. The molecule has 0 atom stereocenters. The number of rotatable bonds is 2. The van der Waals surface area contributed by atoms with Gasteiger partial charge >= 0.3 is 0 Å². The molecule has 0 bridgehead atoms. The molecule has 0 aliphatic carbocycles. The van der Waals surface area contributed by atoms with Crippen LogP contribution in [0.3, 0.4) is 0 Å². The number of nitrogens with one attached hydrogen (secondary N) is 2. The van der Waals surface area contributed by atoms with Crippen LogP contribution < -0.4 is 20.1 Å². The smallest absolute Gasteiger partial charge is 0.137 e. The lowest BCUT2D eigenvalue weighted by Gasteiger charge is -2.19. The first kappa shape index (κ1) is 18.1. The molecule has 0 radical (unpaired) electrons. The maximum absolute atomic E-state index is 6.17. The third kappa shape index (κ3) is 4.27. The highest BCUT2D eigenvalue weighted by Crippen LogP contribution is 2.32. The maximum atomic E-state index is 6.17. The molecule has 0 saturated carbocycles. The second kappa shape index (κ2) is 8.56. The molecule has 0 saturated heterocycles. The van der Waals surface area contributed by atoms with Crippen molar-refractivity contribution in [3.8, 4) is 11.5 Å². The van der Waals surface area contributed by atoms with Gasteiger partial charge in [0.05, 0.1) is 19.2 Å². The highest BCUT2D eigenvalue weighted by molar-refractivity contribution is 6.33. The molecule has 2 aliphatic rings. The average Bonchev–Trinajstić information content (AvgIpc) is 2.68. The van der Waals surface area contributed by atoms with Gasteiger partial charge in [0.25, 0.3) is 0 Å². The monoisotopic (exact) mass is 360 g/mol. The van der Waals surface area contributed by atoms with Crippen molar-refractivity contribution in [1.82, 2.24) is 10.6 Å². The molecule has 2 aromatic rings. The van der Waals surface area contributed by atoms with Gasteiger partial charge in [-0.1, -0.05) is 23.7 Å². The van der Waals surface area contributed by atoms with Crippen molar-refractivity contribution in [1.29, 1.82) is 0 Å². The number of benzene rings is 2. The Hall–Kier alpha value is -1.75. The van der Waals surface area contributed by atoms with Gasteiger partial charge in [-0.15, -0.1) is 0 Å². The lowest BCUT2D eigenvalue weighted by Crippen LogP contribution is -2.23. The predicted octanol–water partition coefficient (Wildman–Crippen LogP) is 3.34. The first-order valence-electron chi connectivity index (χ1n) is 8.64. The van der Waals surface area contributed by atoms with Gasteiger partial charge in [-0.05, 0) is 66.4 Å². The first-order valence-corrected chi connectivity index (χ1v) is 9.02. The van der Waals surface area contributed by atoms with Crippen LogP contribution in [-0.2, 0) is 25.9 Å². The minimum atomic E-state index is 0.779. The van der Waals surface area contributed by atoms with Crippen LogP contribution in [-0.4, -0.2) is 27.3 Å². The van der Waals surface area contributed by atoms with Gasteiger partial charge in [-0.25, -0.2) is 0 Å². The highest BCUT2D eigenvalue weighted by atomic mass is 35.5. The molecule has 4 nitrogen and oxygen atoms in total. The van der Waals surface area contributed by atoms with Crippen LogP contribution in [0.5, 0.6) is 11.5 Å². The van der Waals surface area contributed by atoms with E-state index in [1.54, 1.807) is 14.2 Å². The summed E-state index contributed by atoms with van der Waals surface area (Å²) in [7, 11) is 3.36. The zero-order valence-corrected chi connectivity index (χ0v) is 15.6. The second-order valence-corrected chi connectivity index (χ2v) is 6.59. The van der Waals surface area contributed by atoms with Gasteiger partial charge in [0.1, 0.15) is 11.5 Å². The van der Waals surface area contributed by atoms with Crippen LogP contribution in [0.15, 0.2) is 30.3 Å². The molecular weight excluding hydrogens is 336 g/mol. The van der Waals surface area contributed by atoms with Crippen LogP contribution in [0.4, 0.5) is 0 Å². The average molecular weight is 361 g/mol. The van der Waals surface area contributed by atoms with Crippen molar-refractivity contribution < 1.29 is 9.47 Å². The quantitative estimate of drug-likeness (QED) is 0.862. The summed E-state index contributed by atoms with van der Waals surface area (Å²) in [6.45, 7) is 4.00. The first-order chi connectivity index (χ1) is 12.2. The Kier molecular flexibility index (Phi) is 6.19. The van der Waals surface area contributed by atoms with Crippen molar-refractivity contribution in [2.75, 3.05) is 27.3 Å². The van der Waals surface area contributed by atoms with E-state index in [-0.39, 0.29) is 0 Å². The van der Waals surface area contributed by atoms with Crippen LogP contribution in [0.2, 0.25) is 5.02 Å². The van der Waals surface area contributed by atoms with Gasteiger partial charge < -0.3 is 20.1 Å². The van der Waals surface area contributed by atoms with E-state index in [2.05, 4.69) is 28.8 Å². The standard InChI is InChI=1S/C10H12ClNO.C10H13NO/c1-13-9-3-2-7-6-12-5-4-8(7)10(9)11;1-12-10-3-2-9-7-11-5-4-8(9)6-10/h2-3,12H,4-6H2,1H3;2-3,6,11H,4-5,7H2,1H3. The van der Waals surface area contributed by atoms with E-state index in [1.165, 1.54) is 22.3 Å². The molecule has 2 aromatic carbocycles. The van der Waals surface area contributed by atoms with E-state index in [9.17, 15) is 0 Å². The molecule has 2 aliphatic heterocycles. The molecule has 0 fully saturated rings. The molecule has 0 spiro atoms. The van der Waals surface area contributed by atoms with Crippen molar-refractivity contribution in [2.45, 2.75) is 25.9 Å². The van der Waals surface area contributed by atoms with E-state index >= 15 is 0 Å². The summed E-state index contributed by atoms with van der Waals surface area (Å²) in [5, 5.41) is 7.42. The number of fused-ring (bicyclic) bond motifs is 2. The van der Waals surface area contributed by atoms with Gasteiger partial charge in [0, 0.05) is 13.1 Å². The predicted molar refractivity (Wildman–Crippen MR) is 102 cm³/mol. The van der Waals surface area contributed by atoms with Gasteiger partial charge in [0.2, 0.25) is 0 Å². The lowest BCUT2D eigenvalue weighted by molar-refractivity contribution is 0.413. The summed E-state index contributed by atoms with van der Waals surface area (Å²) in [5.74, 6) is 1.75. The Balaban J connectivity index is 0.000000146. The Bertz CT molecular complexity index is 734. The van der Waals surface area contributed by atoms with Crippen LogP contribution in [0.1, 0.15) is 22.3 Å². The zero-order chi connectivity index (χ0) is 17.6. The van der Waals surface area contributed by atoms with Crippen molar-refractivity contribution in [3.63, 3.8) is 0 Å². The maximum Gasteiger partial charge on any atom is 0.137 e. The molecule has 134 valence electrons. The molecule has 0 amide bonds. The van der Waals surface area contributed by atoms with Crippen molar-refractivity contribution >= 4 is 11.6 Å². The third-order valence-electron chi connectivity index (χ3n) is 4.69. The summed E-state index contributed by atoms with van der Waals surface area (Å²) < 4.78 is 10.3. The highest BCUT2D eigenvalue weighted by Gasteiger charge is 2.14. The third-order valence-corrected chi connectivity index (χ3v) is 5.11. The molecule has 2 heterocycles. The second-order valence-electron chi connectivity index (χ2n) is 6.21. The SMILES string of the molecule is COc1ccc2c(c1)CCNC2.COc1ccc2c(c1Cl)CCNC2. The zero-order valence-electron chi connectivity index (χ0n) is 14.8. The van der Waals surface area contributed by atoms with Gasteiger partial charge in [-0.3, -0.25) is 0 Å². The number of ether oxygens (including phenoxy) is 2. The summed E-state index contributed by atoms with van der Waals surface area (Å²) in [6, 6.07) is 10.3. The summed E-state index contributed by atoms with van der Waals surface area (Å²) in [5.41, 5.74) is 5.35. The summed E-state index contributed by atoms with van der Waals surface area (Å²) in [6.07, 6.45) is 2.11. The van der Waals surface area contributed by atoms with E-state index in [0.717, 1.165) is 55.5 Å². The fourth-order valence-electron chi connectivity index (χ4n) is 3.25. The molecule has 0 aromatic heterocycles. The number of hydrogen-bond donors (Lipinski definition) is 2. The Morgan fingerprint density at radius 2 is 1.56 bits per heavy atom. The fraction of sp³-hybridized carbons (Fsp3) is 0.400. The van der Waals surface area contributed by atoms with E-state index in [0.29, 0.717) is 0 Å². The van der Waals surface area contributed by atoms with E-state index < -0.39 is 0 Å². The molecule has 2 N–H and O–H groups in total. The molecule has 5 heteroatoms. The lowest BCUT2D eigenvalue weighted by atomic mass is 10.0. The van der Waals surface area contributed by atoms with Crippen LogP contribution >= 0.6 is 11.6 Å². The molecule has 25 heavy (non-hydrogen) atoms. The summed E-state index contributed by atoms with van der Waals surface area (Å²) in [4.78, 5) is 0. The number of methoxy groups -OCH3 is 2. The van der Waals surface area contributed by atoms with Gasteiger partial charge in [0.15, 0.2) is 0 Å². The minimum Gasteiger partial charge on any atom is -0.497 e. The normalized spacial score (nSPS) is 15.3. The Morgan fingerprint density at radius 3 is 2.32 bits per heavy atom. The van der Waals surface area contributed by atoms with Crippen LogP contribution in [0.25, 0.3) is 0 Å². The van der Waals surface area contributed by atoms with E-state index in [4.69, 9.17) is 21.1 Å². The van der Waals surface area contributed by atoms with Gasteiger partial charge in [-0.2, -0.15) is 0 Å². The minimum absolute atomic E-state index is 0.779. The van der Waals surface area contributed by atoms with E-state index in [1.807, 2.05) is 12.1 Å². The molecule has 4 rings (SSSR count). The largest absolute Gasteiger partial charge is 0.497 e. The Morgan fingerprint density at radius 1 is 0.840 bits per heavy atom.